The minimum absolute atomic E-state index is 0.103. The smallest absolute Gasteiger partial charge is 0.404 e. The van der Waals surface area contributed by atoms with E-state index in [9.17, 15) is 13.8 Å². The fourth-order valence-electron chi connectivity index (χ4n) is 2.11. The zero-order chi connectivity index (χ0) is 18.4. The zero-order valence-corrected chi connectivity index (χ0v) is 14.0. The largest absolute Gasteiger partial charge is 0.524 e. The summed E-state index contributed by atoms with van der Waals surface area (Å²) in [6.45, 7) is 0.501. The maximum absolute atomic E-state index is 14.4. The van der Waals surface area contributed by atoms with Crippen molar-refractivity contribution in [1.82, 2.24) is 5.32 Å². The average Bonchev–Trinajstić information content (AvgIpc) is 2.58. The molecule has 7 nitrogen and oxygen atoms in total. The lowest BCUT2D eigenvalue weighted by atomic mass is 10.1. The normalized spacial score (nSPS) is 12.5. The first-order chi connectivity index (χ1) is 11.8. The van der Waals surface area contributed by atoms with E-state index in [4.69, 9.17) is 15.5 Å². The van der Waals surface area contributed by atoms with Crippen LogP contribution in [0.5, 0.6) is 5.75 Å². The molecule has 0 bridgehead atoms. The number of nitrogens with two attached hydrogens (primary N) is 1. The van der Waals surface area contributed by atoms with Crippen LogP contribution in [0.25, 0.3) is 0 Å². The van der Waals surface area contributed by atoms with Gasteiger partial charge in [0.2, 0.25) is 6.17 Å². The highest BCUT2D eigenvalue weighted by Gasteiger charge is 2.26. The summed E-state index contributed by atoms with van der Waals surface area (Å²) in [6, 6.07) is 12.4. The first-order valence-electron chi connectivity index (χ1n) is 7.34. The number of carbonyl (C=O) groups is 1. The van der Waals surface area contributed by atoms with Gasteiger partial charge in [0.15, 0.2) is 0 Å². The molecule has 0 radical (unpaired) electrons. The second kappa shape index (κ2) is 8.22. The number of phosphoric ester groups is 1. The predicted octanol–water partition coefficient (Wildman–Crippen LogP) is 1.94. The van der Waals surface area contributed by atoms with Gasteiger partial charge in [-0.15, -0.1) is 0 Å². The molecule has 2 aromatic carbocycles. The lowest BCUT2D eigenvalue weighted by Gasteiger charge is -2.15. The van der Waals surface area contributed by atoms with Gasteiger partial charge in [0.25, 0.3) is 5.91 Å². The summed E-state index contributed by atoms with van der Waals surface area (Å²) >= 11 is 0. The minimum atomic E-state index is -4.86. The molecule has 1 amide bonds. The number of alkyl halides is 1. The molecule has 25 heavy (non-hydrogen) atoms. The van der Waals surface area contributed by atoms with Crippen LogP contribution in [0.4, 0.5) is 4.39 Å². The number of hydrogen-bond acceptors (Lipinski definition) is 4. The molecule has 0 aromatic heterocycles. The van der Waals surface area contributed by atoms with E-state index >= 15 is 0 Å². The van der Waals surface area contributed by atoms with Crippen LogP contribution in [0, 0.1) is 0 Å². The van der Waals surface area contributed by atoms with Gasteiger partial charge in [-0.25, -0.2) is 8.96 Å². The van der Waals surface area contributed by atoms with Crippen LogP contribution in [0.1, 0.15) is 22.9 Å². The topological polar surface area (TPSA) is 122 Å². The number of para-hydroxylation sites is 1. The first kappa shape index (κ1) is 19.1. The first-order valence-corrected chi connectivity index (χ1v) is 8.87. The minimum Gasteiger partial charge on any atom is -0.404 e. The highest BCUT2D eigenvalue weighted by molar-refractivity contribution is 7.46. The van der Waals surface area contributed by atoms with Crippen molar-refractivity contribution in [1.29, 1.82) is 0 Å². The fraction of sp³-hybridized carbons (Fsp3) is 0.188. The molecule has 0 aliphatic heterocycles. The molecule has 0 saturated heterocycles. The maximum atomic E-state index is 14.4. The van der Waals surface area contributed by atoms with Gasteiger partial charge in [-0.1, -0.05) is 42.5 Å². The molecule has 0 heterocycles. The van der Waals surface area contributed by atoms with Gasteiger partial charge >= 0.3 is 7.82 Å². The Morgan fingerprint density at radius 1 is 1.16 bits per heavy atom. The van der Waals surface area contributed by atoms with Gasteiger partial charge < -0.3 is 15.6 Å². The Morgan fingerprint density at radius 2 is 1.76 bits per heavy atom. The van der Waals surface area contributed by atoms with Crippen molar-refractivity contribution in [2.45, 2.75) is 19.3 Å². The van der Waals surface area contributed by atoms with Gasteiger partial charge in [0.1, 0.15) is 5.75 Å². The Bertz CT molecular complexity index is 778. The Morgan fingerprint density at radius 3 is 2.36 bits per heavy atom. The number of halogens is 1. The standard InChI is InChI=1S/C16H18FN2O5P/c17-15(13-3-1-2-4-14(13)24-25(21,22)23)16(20)19-10-12-7-5-11(9-18)6-8-12/h1-8,15H,9-10,18H2,(H,19,20)(H2,21,22,23). The van der Waals surface area contributed by atoms with Crippen molar-refractivity contribution < 1.29 is 28.1 Å². The van der Waals surface area contributed by atoms with Gasteiger partial charge in [0, 0.05) is 18.7 Å². The van der Waals surface area contributed by atoms with E-state index in [-0.39, 0.29) is 17.9 Å². The van der Waals surface area contributed by atoms with Gasteiger partial charge in [-0.3, -0.25) is 14.6 Å². The van der Waals surface area contributed by atoms with Crippen molar-refractivity contribution in [2.75, 3.05) is 0 Å². The number of nitrogens with one attached hydrogen (secondary N) is 1. The number of amides is 1. The summed E-state index contributed by atoms with van der Waals surface area (Å²) in [7, 11) is -4.86. The van der Waals surface area contributed by atoms with Crippen LogP contribution in [0.15, 0.2) is 48.5 Å². The SMILES string of the molecule is NCc1ccc(CNC(=O)C(F)c2ccccc2OP(=O)(O)O)cc1. The van der Waals surface area contributed by atoms with Crippen molar-refractivity contribution >= 4 is 13.7 Å². The number of rotatable bonds is 7. The predicted molar refractivity (Wildman–Crippen MR) is 89.1 cm³/mol. The molecule has 2 rings (SSSR count). The molecular weight excluding hydrogens is 350 g/mol. The van der Waals surface area contributed by atoms with Crippen molar-refractivity contribution in [2.24, 2.45) is 5.73 Å². The average molecular weight is 368 g/mol. The summed E-state index contributed by atoms with van der Waals surface area (Å²) in [5.74, 6) is -1.32. The monoisotopic (exact) mass is 368 g/mol. The summed E-state index contributed by atoms with van der Waals surface area (Å²) in [6.07, 6.45) is -2.13. The van der Waals surface area contributed by atoms with Crippen LogP contribution < -0.4 is 15.6 Å². The Kier molecular flexibility index (Phi) is 6.27. The molecule has 5 N–H and O–H groups in total. The second-order valence-electron chi connectivity index (χ2n) is 5.22. The van der Waals surface area contributed by atoms with Crippen LogP contribution in [0.3, 0.4) is 0 Å². The van der Waals surface area contributed by atoms with Crippen LogP contribution in [-0.4, -0.2) is 15.7 Å². The third kappa shape index (κ3) is 5.65. The van der Waals surface area contributed by atoms with E-state index in [2.05, 4.69) is 9.84 Å². The van der Waals surface area contributed by atoms with Crippen LogP contribution in [0.2, 0.25) is 0 Å². The molecule has 134 valence electrons. The quantitative estimate of drug-likeness (QED) is 0.554. The van der Waals surface area contributed by atoms with Crippen LogP contribution in [-0.2, 0) is 22.4 Å². The van der Waals surface area contributed by atoms with E-state index in [1.54, 1.807) is 24.3 Å². The molecule has 0 aliphatic carbocycles. The van der Waals surface area contributed by atoms with E-state index in [1.165, 1.54) is 24.3 Å². The fourth-order valence-corrected chi connectivity index (χ4v) is 2.54. The molecule has 1 unspecified atom stereocenters. The summed E-state index contributed by atoms with van der Waals surface area (Å²) in [4.78, 5) is 29.7. The Labute approximate surface area is 143 Å². The number of carbonyl (C=O) groups excluding carboxylic acids is 1. The van der Waals surface area contributed by atoms with Crippen molar-refractivity contribution in [3.8, 4) is 5.75 Å². The Hall–Kier alpha value is -2.25. The number of benzene rings is 2. The zero-order valence-electron chi connectivity index (χ0n) is 13.1. The van der Waals surface area contributed by atoms with E-state index < -0.39 is 19.9 Å². The molecule has 1 atom stereocenters. The van der Waals surface area contributed by atoms with E-state index in [0.717, 1.165) is 11.1 Å². The van der Waals surface area contributed by atoms with Crippen molar-refractivity contribution in [3.05, 3.63) is 65.2 Å². The molecule has 0 spiro atoms. The molecule has 0 saturated carbocycles. The second-order valence-corrected chi connectivity index (χ2v) is 6.38. The molecule has 0 fully saturated rings. The highest BCUT2D eigenvalue weighted by Crippen LogP contribution is 2.41. The third-order valence-electron chi connectivity index (χ3n) is 3.36. The van der Waals surface area contributed by atoms with Crippen molar-refractivity contribution in [3.63, 3.8) is 0 Å². The summed E-state index contributed by atoms with van der Waals surface area (Å²) in [5, 5.41) is 2.43. The van der Waals surface area contributed by atoms with E-state index in [0.29, 0.717) is 6.54 Å². The molecular formula is C16H18FN2O5P. The van der Waals surface area contributed by atoms with E-state index in [1.807, 2.05) is 0 Å². The third-order valence-corrected chi connectivity index (χ3v) is 3.80. The highest BCUT2D eigenvalue weighted by atomic mass is 31.2. The lowest BCUT2D eigenvalue weighted by molar-refractivity contribution is -0.126. The van der Waals surface area contributed by atoms with Gasteiger partial charge in [-0.05, 0) is 17.2 Å². The van der Waals surface area contributed by atoms with Gasteiger partial charge in [-0.2, -0.15) is 0 Å². The number of phosphoric acid groups is 1. The molecule has 2 aromatic rings. The number of hydrogen-bond donors (Lipinski definition) is 4. The van der Waals surface area contributed by atoms with Gasteiger partial charge in [0.05, 0.1) is 0 Å². The summed E-state index contributed by atoms with van der Waals surface area (Å²) in [5.41, 5.74) is 6.93. The lowest BCUT2D eigenvalue weighted by Crippen LogP contribution is -2.27. The van der Waals surface area contributed by atoms with Crippen LogP contribution >= 0.6 is 7.82 Å². The molecule has 9 heteroatoms. The Balaban J connectivity index is 2.05. The summed E-state index contributed by atoms with van der Waals surface area (Å²) < 4.78 is 29.8. The molecule has 0 aliphatic rings. The maximum Gasteiger partial charge on any atom is 0.524 e.